The lowest BCUT2D eigenvalue weighted by Gasteiger charge is -2.22. The number of amides is 1. The zero-order chi connectivity index (χ0) is 21.5. The number of carbonyl (C=O) groups is 2. The van der Waals surface area contributed by atoms with Gasteiger partial charge in [0.05, 0.1) is 18.4 Å². The number of hydrogen-bond donors (Lipinski definition) is 1. The minimum Gasteiger partial charge on any atom is -0.491 e. The molecule has 1 heterocycles. The quantitative estimate of drug-likeness (QED) is 0.677. The summed E-state index contributed by atoms with van der Waals surface area (Å²) in [5.74, 6) is 0.0949. The van der Waals surface area contributed by atoms with Crippen LogP contribution in [-0.4, -0.2) is 36.3 Å². The van der Waals surface area contributed by atoms with Gasteiger partial charge in [-0.05, 0) is 50.6 Å². The summed E-state index contributed by atoms with van der Waals surface area (Å²) in [6, 6.07) is 16.3. The predicted octanol–water partition coefficient (Wildman–Crippen LogP) is 3.29. The zero-order valence-corrected chi connectivity index (χ0v) is 17.5. The van der Waals surface area contributed by atoms with E-state index in [0.29, 0.717) is 6.54 Å². The van der Waals surface area contributed by atoms with Gasteiger partial charge >= 0.3 is 5.97 Å². The van der Waals surface area contributed by atoms with Gasteiger partial charge < -0.3 is 14.8 Å². The normalized spacial score (nSPS) is 15.7. The molecule has 0 bridgehead atoms. The van der Waals surface area contributed by atoms with E-state index in [1.165, 1.54) is 0 Å². The van der Waals surface area contributed by atoms with Crippen molar-refractivity contribution in [2.45, 2.75) is 45.9 Å². The van der Waals surface area contributed by atoms with Crippen LogP contribution in [0.5, 0.6) is 5.75 Å². The van der Waals surface area contributed by atoms with Gasteiger partial charge in [0.25, 0.3) is 0 Å². The van der Waals surface area contributed by atoms with Crippen molar-refractivity contribution >= 4 is 23.3 Å². The minimum atomic E-state index is -0.615. The number of hydrazone groups is 1. The van der Waals surface area contributed by atoms with Crippen molar-refractivity contribution in [2.75, 3.05) is 11.6 Å². The van der Waals surface area contributed by atoms with E-state index in [2.05, 4.69) is 10.4 Å². The van der Waals surface area contributed by atoms with Crippen LogP contribution in [0.2, 0.25) is 0 Å². The Morgan fingerprint density at radius 1 is 1.13 bits per heavy atom. The Kier molecular flexibility index (Phi) is 7.06. The van der Waals surface area contributed by atoms with Crippen molar-refractivity contribution in [3.8, 4) is 5.75 Å². The third-order valence-electron chi connectivity index (χ3n) is 4.51. The van der Waals surface area contributed by atoms with Crippen LogP contribution in [-0.2, 0) is 20.9 Å². The van der Waals surface area contributed by atoms with E-state index in [9.17, 15) is 9.59 Å². The number of nitrogens with one attached hydrogen (secondary N) is 1. The second kappa shape index (κ2) is 9.91. The lowest BCUT2D eigenvalue weighted by atomic mass is 10.1. The van der Waals surface area contributed by atoms with Crippen LogP contribution in [0.1, 0.15) is 32.8 Å². The van der Waals surface area contributed by atoms with E-state index in [1.54, 1.807) is 11.9 Å². The molecule has 1 aliphatic rings. The molecular weight excluding hydrogens is 382 g/mol. The molecule has 1 N–H and O–H groups in total. The largest absolute Gasteiger partial charge is 0.491 e. The van der Waals surface area contributed by atoms with Crippen molar-refractivity contribution < 1.29 is 19.1 Å². The summed E-state index contributed by atoms with van der Waals surface area (Å²) in [6.07, 6.45) is 0.302. The number of para-hydroxylation sites is 1. The van der Waals surface area contributed by atoms with Gasteiger partial charge in [-0.25, -0.2) is 4.79 Å². The molecule has 0 fully saturated rings. The van der Waals surface area contributed by atoms with Crippen LogP contribution in [0, 0.1) is 0 Å². The monoisotopic (exact) mass is 409 g/mol. The van der Waals surface area contributed by atoms with Crippen molar-refractivity contribution in [3.05, 3.63) is 60.2 Å². The molecule has 0 spiro atoms. The maximum Gasteiger partial charge on any atom is 0.354 e. The Morgan fingerprint density at radius 3 is 2.47 bits per heavy atom. The maximum absolute atomic E-state index is 12.9. The number of rotatable bonds is 8. The van der Waals surface area contributed by atoms with E-state index in [-0.39, 0.29) is 30.8 Å². The third-order valence-corrected chi connectivity index (χ3v) is 4.51. The Labute approximate surface area is 176 Å². The second-order valence-electron chi connectivity index (χ2n) is 7.20. The van der Waals surface area contributed by atoms with Crippen LogP contribution < -0.4 is 15.1 Å². The first-order valence-electron chi connectivity index (χ1n) is 10.1. The maximum atomic E-state index is 12.9. The van der Waals surface area contributed by atoms with Crippen LogP contribution >= 0.6 is 0 Å². The first kappa shape index (κ1) is 21.4. The van der Waals surface area contributed by atoms with Gasteiger partial charge in [0.2, 0.25) is 5.91 Å². The molecule has 2 aromatic rings. The number of benzene rings is 2. The first-order chi connectivity index (χ1) is 14.5. The predicted molar refractivity (Wildman–Crippen MR) is 115 cm³/mol. The van der Waals surface area contributed by atoms with Gasteiger partial charge in [0, 0.05) is 13.0 Å². The van der Waals surface area contributed by atoms with Crippen LogP contribution in [0.4, 0.5) is 5.69 Å². The molecule has 1 amide bonds. The molecule has 1 aliphatic heterocycles. The minimum absolute atomic E-state index is 0.107. The average molecular weight is 409 g/mol. The van der Waals surface area contributed by atoms with E-state index < -0.39 is 12.0 Å². The van der Waals surface area contributed by atoms with E-state index >= 15 is 0 Å². The molecular formula is C23H27N3O4. The zero-order valence-electron chi connectivity index (χ0n) is 17.5. The van der Waals surface area contributed by atoms with Gasteiger partial charge in [-0.3, -0.25) is 9.80 Å². The van der Waals surface area contributed by atoms with Gasteiger partial charge in [-0.1, -0.05) is 30.3 Å². The molecule has 0 saturated carbocycles. The highest BCUT2D eigenvalue weighted by molar-refractivity contribution is 6.38. The van der Waals surface area contributed by atoms with E-state index in [1.807, 2.05) is 68.4 Å². The summed E-state index contributed by atoms with van der Waals surface area (Å²) in [5.41, 5.74) is 1.94. The molecule has 0 radical (unpaired) electrons. The Bertz CT molecular complexity index is 894. The fourth-order valence-electron chi connectivity index (χ4n) is 3.14. The fourth-order valence-corrected chi connectivity index (χ4v) is 3.14. The highest BCUT2D eigenvalue weighted by Gasteiger charge is 2.36. The third kappa shape index (κ3) is 5.37. The van der Waals surface area contributed by atoms with Crippen molar-refractivity contribution in [3.63, 3.8) is 0 Å². The van der Waals surface area contributed by atoms with E-state index in [4.69, 9.17) is 9.47 Å². The number of anilines is 1. The fraction of sp³-hybridized carbons (Fsp3) is 0.348. The molecule has 0 aliphatic carbocycles. The molecule has 0 saturated heterocycles. The van der Waals surface area contributed by atoms with Gasteiger partial charge in [-0.2, -0.15) is 5.10 Å². The summed E-state index contributed by atoms with van der Waals surface area (Å²) >= 11 is 0. The van der Waals surface area contributed by atoms with Gasteiger partial charge in [0.15, 0.2) is 0 Å². The summed E-state index contributed by atoms with van der Waals surface area (Å²) in [7, 11) is 0. The SMILES string of the molecule is CCOC(=O)C1=NN(c2ccccc2)C(C(=O)NCc2ccc(OC(C)C)cc2)C1. The number of esters is 1. The first-order valence-corrected chi connectivity index (χ1v) is 10.1. The molecule has 30 heavy (non-hydrogen) atoms. The highest BCUT2D eigenvalue weighted by Crippen LogP contribution is 2.25. The Morgan fingerprint density at radius 2 is 1.83 bits per heavy atom. The molecule has 7 nitrogen and oxygen atoms in total. The summed E-state index contributed by atoms with van der Waals surface area (Å²) in [4.78, 5) is 25.1. The molecule has 1 atom stereocenters. The lowest BCUT2D eigenvalue weighted by molar-refractivity contribution is -0.135. The molecule has 0 aromatic heterocycles. The summed E-state index contributed by atoms with van der Waals surface area (Å²) < 4.78 is 10.7. The number of nitrogens with zero attached hydrogens (tertiary/aromatic N) is 2. The molecule has 2 aromatic carbocycles. The standard InChI is InChI=1S/C23H27N3O4/c1-4-29-23(28)20-14-21(26(25-20)18-8-6-5-7-9-18)22(27)24-15-17-10-12-19(13-11-17)30-16(2)3/h5-13,16,21H,4,14-15H2,1-3H3,(H,24,27). The Balaban J connectivity index is 1.68. The van der Waals surface area contributed by atoms with E-state index in [0.717, 1.165) is 17.0 Å². The summed E-state index contributed by atoms with van der Waals surface area (Å²) in [6.45, 7) is 6.32. The molecule has 158 valence electrons. The molecule has 1 unspecified atom stereocenters. The van der Waals surface area contributed by atoms with Crippen LogP contribution in [0.3, 0.4) is 0 Å². The number of carbonyl (C=O) groups excluding carboxylic acids is 2. The van der Waals surface area contributed by atoms with Crippen molar-refractivity contribution in [1.82, 2.24) is 5.32 Å². The summed E-state index contributed by atoms with van der Waals surface area (Å²) in [5, 5.41) is 8.90. The Hall–Kier alpha value is -3.35. The molecule has 7 heteroatoms. The van der Waals surface area contributed by atoms with Crippen molar-refractivity contribution in [2.24, 2.45) is 5.10 Å². The lowest BCUT2D eigenvalue weighted by Crippen LogP contribution is -2.42. The second-order valence-corrected chi connectivity index (χ2v) is 7.20. The number of ether oxygens (including phenoxy) is 2. The van der Waals surface area contributed by atoms with Crippen LogP contribution in [0.25, 0.3) is 0 Å². The number of hydrogen-bond acceptors (Lipinski definition) is 6. The average Bonchev–Trinajstić information content (AvgIpc) is 3.19. The molecule has 3 rings (SSSR count). The van der Waals surface area contributed by atoms with Crippen molar-refractivity contribution in [1.29, 1.82) is 0 Å². The highest BCUT2D eigenvalue weighted by atomic mass is 16.5. The smallest absolute Gasteiger partial charge is 0.354 e. The topological polar surface area (TPSA) is 80.2 Å². The van der Waals surface area contributed by atoms with Gasteiger partial charge in [0.1, 0.15) is 17.5 Å². The van der Waals surface area contributed by atoms with Crippen LogP contribution in [0.15, 0.2) is 59.7 Å². The van der Waals surface area contributed by atoms with Gasteiger partial charge in [-0.15, -0.1) is 0 Å².